The van der Waals surface area contributed by atoms with Gasteiger partial charge in [-0.05, 0) is 37.1 Å². The number of hydrogen-bond donors (Lipinski definition) is 1. The van der Waals surface area contributed by atoms with E-state index in [0.717, 1.165) is 43.2 Å². The molecule has 7 nitrogen and oxygen atoms in total. The Morgan fingerprint density at radius 3 is 2.50 bits per heavy atom. The second-order valence-electron chi connectivity index (χ2n) is 8.61. The molecule has 2 saturated heterocycles. The van der Waals surface area contributed by atoms with E-state index < -0.39 is 23.1 Å². The third kappa shape index (κ3) is 3.21. The van der Waals surface area contributed by atoms with Crippen molar-refractivity contribution in [1.82, 2.24) is 4.90 Å². The summed E-state index contributed by atoms with van der Waals surface area (Å²) in [5, 5.41) is 9.58. The van der Waals surface area contributed by atoms with Crippen LogP contribution in [0.1, 0.15) is 62.3 Å². The van der Waals surface area contributed by atoms with Crippen molar-refractivity contribution in [2.75, 3.05) is 31.1 Å². The summed E-state index contributed by atoms with van der Waals surface area (Å²) in [4.78, 5) is 40.4. The van der Waals surface area contributed by atoms with Crippen molar-refractivity contribution in [3.05, 3.63) is 58.4 Å². The molecule has 0 unspecified atom stereocenters. The minimum Gasteiger partial charge on any atom is -0.504 e. The molecule has 0 aliphatic carbocycles. The number of anilines is 1. The fourth-order valence-corrected chi connectivity index (χ4v) is 5.02. The number of amides is 1. The van der Waals surface area contributed by atoms with E-state index in [-0.39, 0.29) is 17.1 Å². The van der Waals surface area contributed by atoms with Crippen LogP contribution in [0.2, 0.25) is 0 Å². The Morgan fingerprint density at radius 1 is 1.09 bits per heavy atom. The third-order valence-corrected chi connectivity index (χ3v) is 6.80. The Labute approximate surface area is 184 Å². The highest BCUT2D eigenvalue weighted by Gasteiger charge is 2.48. The number of ether oxygens (including phenoxy) is 1. The number of benzene rings is 2. The number of phenolic OH excluding ortho intramolecular Hbond substituents is 1. The fraction of sp³-hybridized carbons (Fsp3) is 0.375. The molecule has 1 N–H and O–H groups in total. The lowest BCUT2D eigenvalue weighted by molar-refractivity contribution is -0.0389. The molecule has 0 saturated carbocycles. The molecular weight excluding hydrogens is 415 g/mol. The second kappa shape index (κ2) is 7.62. The maximum absolute atomic E-state index is 13.9. The first kappa shape index (κ1) is 20.5. The highest BCUT2D eigenvalue weighted by atomic mass is 19.1. The minimum absolute atomic E-state index is 0.00239. The zero-order valence-electron chi connectivity index (χ0n) is 17.5. The van der Waals surface area contributed by atoms with Gasteiger partial charge in [-0.1, -0.05) is 6.07 Å². The van der Waals surface area contributed by atoms with Crippen LogP contribution in [0.3, 0.4) is 0 Å². The number of rotatable bonds is 3. The monoisotopic (exact) mass is 438 g/mol. The van der Waals surface area contributed by atoms with Crippen LogP contribution in [0.5, 0.6) is 5.75 Å². The van der Waals surface area contributed by atoms with E-state index >= 15 is 0 Å². The average Bonchev–Trinajstić information content (AvgIpc) is 3.43. The van der Waals surface area contributed by atoms with Crippen molar-refractivity contribution in [3.63, 3.8) is 0 Å². The number of piperidine rings is 1. The van der Waals surface area contributed by atoms with Crippen LogP contribution in [-0.4, -0.2) is 54.3 Å². The molecule has 2 aromatic carbocycles. The molecule has 0 bridgehead atoms. The lowest BCUT2D eigenvalue weighted by Crippen LogP contribution is -2.45. The molecule has 0 radical (unpaired) electrons. The number of aromatic hydroxyl groups is 1. The number of esters is 1. The van der Waals surface area contributed by atoms with Gasteiger partial charge in [0, 0.05) is 55.8 Å². The van der Waals surface area contributed by atoms with E-state index in [1.165, 1.54) is 6.07 Å². The van der Waals surface area contributed by atoms with E-state index in [0.29, 0.717) is 37.8 Å². The van der Waals surface area contributed by atoms with Crippen molar-refractivity contribution < 1.29 is 28.6 Å². The summed E-state index contributed by atoms with van der Waals surface area (Å²) in [5.41, 5.74) is 1.44. The lowest BCUT2D eigenvalue weighted by Gasteiger charge is -2.38. The van der Waals surface area contributed by atoms with Crippen molar-refractivity contribution in [3.8, 4) is 5.75 Å². The normalized spacial score (nSPS) is 19.2. The molecule has 0 aromatic heterocycles. The van der Waals surface area contributed by atoms with Gasteiger partial charge in [0.2, 0.25) is 0 Å². The minimum atomic E-state index is -1.01. The van der Waals surface area contributed by atoms with Crippen LogP contribution in [-0.2, 0) is 10.3 Å². The van der Waals surface area contributed by atoms with Gasteiger partial charge >= 0.3 is 5.97 Å². The average molecular weight is 438 g/mol. The van der Waals surface area contributed by atoms with Crippen LogP contribution in [0, 0.1) is 5.82 Å². The maximum atomic E-state index is 13.9. The molecule has 3 aliphatic heterocycles. The molecule has 166 valence electrons. The van der Waals surface area contributed by atoms with Gasteiger partial charge in [-0.3, -0.25) is 9.59 Å². The fourth-order valence-electron chi connectivity index (χ4n) is 5.02. The highest BCUT2D eigenvalue weighted by Crippen LogP contribution is 2.45. The standard InChI is InChI=1S/C24H23FN2O5/c25-20-12-15(11-16(14-28)21(20)29)22(30)27-9-5-24(6-10-27)19-4-3-17(26-7-1-2-8-26)13-18(19)23(31)32-24/h3-4,11-14,29H,1-2,5-10H2. The molecule has 2 aromatic rings. The molecule has 3 heterocycles. The summed E-state index contributed by atoms with van der Waals surface area (Å²) in [7, 11) is 0. The quantitative estimate of drug-likeness (QED) is 0.585. The van der Waals surface area contributed by atoms with Gasteiger partial charge in [0.15, 0.2) is 17.9 Å². The molecular formula is C24H23FN2O5. The highest BCUT2D eigenvalue weighted by molar-refractivity contribution is 5.97. The van der Waals surface area contributed by atoms with Gasteiger partial charge in [-0.15, -0.1) is 0 Å². The van der Waals surface area contributed by atoms with Crippen LogP contribution in [0.15, 0.2) is 30.3 Å². The Hall–Kier alpha value is -3.42. The molecule has 1 spiro atoms. The predicted molar refractivity (Wildman–Crippen MR) is 114 cm³/mol. The SMILES string of the molecule is O=Cc1cc(C(=O)N2CCC3(CC2)OC(=O)c2cc(N4CCCC4)ccc23)cc(F)c1O. The Morgan fingerprint density at radius 2 is 1.81 bits per heavy atom. The van der Waals surface area contributed by atoms with Gasteiger partial charge in [0.1, 0.15) is 5.60 Å². The molecule has 2 fully saturated rings. The van der Waals surface area contributed by atoms with Crippen LogP contribution in [0.25, 0.3) is 0 Å². The number of nitrogens with zero attached hydrogens (tertiary/aromatic N) is 2. The summed E-state index contributed by atoms with van der Waals surface area (Å²) in [6, 6.07) is 8.03. The first-order valence-electron chi connectivity index (χ1n) is 10.8. The van der Waals surface area contributed by atoms with E-state index in [1.807, 2.05) is 18.2 Å². The molecule has 1 amide bonds. The Kier molecular flexibility index (Phi) is 4.87. The maximum Gasteiger partial charge on any atom is 0.339 e. The van der Waals surface area contributed by atoms with Crippen LogP contribution >= 0.6 is 0 Å². The van der Waals surface area contributed by atoms with Crippen LogP contribution in [0.4, 0.5) is 10.1 Å². The largest absolute Gasteiger partial charge is 0.504 e. The second-order valence-corrected chi connectivity index (χ2v) is 8.61. The van der Waals surface area contributed by atoms with E-state index in [2.05, 4.69) is 4.90 Å². The summed E-state index contributed by atoms with van der Waals surface area (Å²) < 4.78 is 19.8. The van der Waals surface area contributed by atoms with Gasteiger partial charge in [-0.2, -0.15) is 0 Å². The summed E-state index contributed by atoms with van der Waals surface area (Å²) in [6.45, 7) is 2.61. The smallest absolute Gasteiger partial charge is 0.339 e. The Bertz CT molecular complexity index is 1120. The predicted octanol–water partition coefficient (Wildman–Crippen LogP) is 3.25. The van der Waals surface area contributed by atoms with Gasteiger partial charge in [-0.25, -0.2) is 9.18 Å². The van der Waals surface area contributed by atoms with E-state index in [4.69, 9.17) is 4.74 Å². The lowest BCUT2D eigenvalue weighted by atomic mass is 9.83. The zero-order chi connectivity index (χ0) is 22.5. The number of fused-ring (bicyclic) bond motifs is 2. The van der Waals surface area contributed by atoms with E-state index in [9.17, 15) is 23.9 Å². The summed E-state index contributed by atoms with van der Waals surface area (Å²) >= 11 is 0. The van der Waals surface area contributed by atoms with Crippen molar-refractivity contribution >= 4 is 23.9 Å². The number of aldehydes is 1. The molecule has 0 atom stereocenters. The molecule has 8 heteroatoms. The first-order chi connectivity index (χ1) is 15.4. The molecule has 3 aliphatic rings. The third-order valence-electron chi connectivity index (χ3n) is 6.80. The summed E-state index contributed by atoms with van der Waals surface area (Å²) in [6.07, 6.45) is 3.47. The van der Waals surface area contributed by atoms with Gasteiger partial charge in [0.05, 0.1) is 11.1 Å². The number of phenols is 1. The van der Waals surface area contributed by atoms with Gasteiger partial charge < -0.3 is 19.6 Å². The zero-order valence-corrected chi connectivity index (χ0v) is 17.5. The first-order valence-corrected chi connectivity index (χ1v) is 10.8. The topological polar surface area (TPSA) is 87.2 Å². The summed E-state index contributed by atoms with van der Waals surface area (Å²) in [5.74, 6) is -2.55. The number of hydrogen-bond acceptors (Lipinski definition) is 6. The molecule has 32 heavy (non-hydrogen) atoms. The molecule has 5 rings (SSSR count). The van der Waals surface area contributed by atoms with Crippen molar-refractivity contribution in [2.45, 2.75) is 31.3 Å². The number of likely N-dealkylation sites (tertiary alicyclic amines) is 1. The van der Waals surface area contributed by atoms with E-state index in [1.54, 1.807) is 4.90 Å². The van der Waals surface area contributed by atoms with Crippen molar-refractivity contribution in [1.29, 1.82) is 0 Å². The number of halogens is 1. The van der Waals surface area contributed by atoms with Gasteiger partial charge in [0.25, 0.3) is 5.91 Å². The number of carbonyl (C=O) groups excluding carboxylic acids is 3. The van der Waals surface area contributed by atoms with Crippen molar-refractivity contribution in [2.24, 2.45) is 0 Å². The number of carbonyl (C=O) groups is 3. The van der Waals surface area contributed by atoms with Crippen LogP contribution < -0.4 is 4.90 Å². The Balaban J connectivity index is 1.35.